The van der Waals surface area contributed by atoms with E-state index in [4.69, 9.17) is 5.84 Å². The van der Waals surface area contributed by atoms with Gasteiger partial charge in [-0.3, -0.25) is 11.3 Å². The molecule has 0 amide bonds. The number of allylic oxidation sites excluding steroid dienone is 3. The summed E-state index contributed by atoms with van der Waals surface area (Å²) in [4.78, 5) is 0. The van der Waals surface area contributed by atoms with E-state index in [0.717, 1.165) is 19.4 Å². The van der Waals surface area contributed by atoms with Gasteiger partial charge in [-0.05, 0) is 33.6 Å². The van der Waals surface area contributed by atoms with Gasteiger partial charge in [0.25, 0.3) is 0 Å². The molecule has 0 heterocycles. The molecule has 0 fully saturated rings. The molecule has 0 bridgehead atoms. The van der Waals surface area contributed by atoms with Crippen LogP contribution in [0.2, 0.25) is 0 Å². The number of hydrogen-bond donors (Lipinski definition) is 2. The van der Waals surface area contributed by atoms with Crippen LogP contribution in [0.15, 0.2) is 23.3 Å². The molecule has 0 aliphatic rings. The second-order valence-corrected chi connectivity index (χ2v) is 3.28. The fourth-order valence-corrected chi connectivity index (χ4v) is 0.924. The highest BCUT2D eigenvalue weighted by atomic mass is 15.2. The largest absolute Gasteiger partial charge is 0.271 e. The molecule has 2 nitrogen and oxygen atoms in total. The van der Waals surface area contributed by atoms with Gasteiger partial charge in [-0.15, -0.1) is 0 Å². The molecule has 0 saturated carbocycles. The molecule has 0 radical (unpaired) electrons. The Morgan fingerprint density at radius 1 is 1.25 bits per heavy atom. The zero-order chi connectivity index (χ0) is 9.40. The predicted octanol–water partition coefficient (Wildman–Crippen LogP) is 2.14. The summed E-state index contributed by atoms with van der Waals surface area (Å²) in [6, 6.07) is 0. The zero-order valence-electron chi connectivity index (χ0n) is 8.35. The minimum Gasteiger partial charge on any atom is -0.271 e. The Hall–Kier alpha value is -0.600. The van der Waals surface area contributed by atoms with Crippen LogP contribution in [0.5, 0.6) is 0 Å². The Morgan fingerprint density at radius 2 is 1.92 bits per heavy atom. The van der Waals surface area contributed by atoms with E-state index in [-0.39, 0.29) is 0 Å². The summed E-state index contributed by atoms with van der Waals surface area (Å²) >= 11 is 0. The number of hydrazine groups is 1. The van der Waals surface area contributed by atoms with Crippen LogP contribution in [0.1, 0.15) is 33.6 Å². The Balaban J connectivity index is 3.56. The Labute approximate surface area is 75.5 Å². The molecule has 0 aromatic heterocycles. The maximum absolute atomic E-state index is 5.15. The van der Waals surface area contributed by atoms with Crippen LogP contribution in [0.25, 0.3) is 0 Å². The Morgan fingerprint density at radius 3 is 2.42 bits per heavy atom. The van der Waals surface area contributed by atoms with Gasteiger partial charge < -0.3 is 0 Å². The van der Waals surface area contributed by atoms with Crippen LogP contribution in [0.4, 0.5) is 0 Å². The maximum atomic E-state index is 5.15. The van der Waals surface area contributed by atoms with E-state index in [0.29, 0.717) is 0 Å². The van der Waals surface area contributed by atoms with Crippen molar-refractivity contribution in [3.63, 3.8) is 0 Å². The number of rotatable bonds is 5. The normalized spacial score (nSPS) is 11.5. The third-order valence-electron chi connectivity index (χ3n) is 1.66. The summed E-state index contributed by atoms with van der Waals surface area (Å²) in [5, 5.41) is 0. The smallest absolute Gasteiger partial charge is 0.0281 e. The van der Waals surface area contributed by atoms with Gasteiger partial charge in [0.15, 0.2) is 0 Å². The van der Waals surface area contributed by atoms with Crippen molar-refractivity contribution in [3.05, 3.63) is 23.3 Å². The van der Waals surface area contributed by atoms with Crippen molar-refractivity contribution in [1.29, 1.82) is 0 Å². The number of nitrogens with one attached hydrogen (secondary N) is 1. The molecule has 0 aliphatic carbocycles. The molecule has 12 heavy (non-hydrogen) atoms. The predicted molar refractivity (Wildman–Crippen MR) is 54.6 cm³/mol. The van der Waals surface area contributed by atoms with Crippen LogP contribution >= 0.6 is 0 Å². The summed E-state index contributed by atoms with van der Waals surface area (Å²) in [7, 11) is 0. The lowest BCUT2D eigenvalue weighted by Gasteiger charge is -1.98. The summed E-state index contributed by atoms with van der Waals surface area (Å²) in [6.45, 7) is 7.15. The average molecular weight is 168 g/mol. The van der Waals surface area contributed by atoms with Crippen LogP contribution < -0.4 is 11.3 Å². The summed E-state index contributed by atoms with van der Waals surface area (Å²) < 4.78 is 0. The second-order valence-electron chi connectivity index (χ2n) is 3.28. The minimum atomic E-state index is 0.765. The highest BCUT2D eigenvalue weighted by Crippen LogP contribution is 2.05. The first kappa shape index (κ1) is 11.4. The highest BCUT2D eigenvalue weighted by molar-refractivity contribution is 5.02. The molecule has 70 valence electrons. The van der Waals surface area contributed by atoms with Gasteiger partial charge >= 0.3 is 0 Å². The molecular formula is C10H20N2. The molecule has 0 aliphatic heterocycles. The van der Waals surface area contributed by atoms with Gasteiger partial charge in [-0.1, -0.05) is 23.3 Å². The Kier molecular flexibility index (Phi) is 6.72. The van der Waals surface area contributed by atoms with Gasteiger partial charge in [0.2, 0.25) is 0 Å². The first-order valence-electron chi connectivity index (χ1n) is 4.39. The molecule has 3 N–H and O–H groups in total. The lowest BCUT2D eigenvalue weighted by molar-refractivity contribution is 0.812. The molecule has 0 saturated heterocycles. The highest BCUT2D eigenvalue weighted by Gasteiger charge is 1.87. The molecule has 0 spiro atoms. The molecule has 0 unspecified atom stereocenters. The molecule has 0 aromatic rings. The summed E-state index contributed by atoms with van der Waals surface area (Å²) in [5.74, 6) is 5.15. The quantitative estimate of drug-likeness (QED) is 0.375. The van der Waals surface area contributed by atoms with Gasteiger partial charge in [-0.2, -0.15) is 0 Å². The molecule has 0 aromatic carbocycles. The van der Waals surface area contributed by atoms with Crippen LogP contribution in [0, 0.1) is 0 Å². The maximum Gasteiger partial charge on any atom is 0.0281 e. The monoisotopic (exact) mass is 168 g/mol. The number of nitrogens with two attached hydrogens (primary N) is 1. The van der Waals surface area contributed by atoms with E-state index in [1.54, 1.807) is 0 Å². The van der Waals surface area contributed by atoms with Gasteiger partial charge in [0, 0.05) is 6.54 Å². The third-order valence-corrected chi connectivity index (χ3v) is 1.66. The van der Waals surface area contributed by atoms with E-state index in [1.807, 2.05) is 0 Å². The van der Waals surface area contributed by atoms with E-state index in [9.17, 15) is 0 Å². The fourth-order valence-electron chi connectivity index (χ4n) is 0.924. The fraction of sp³-hybridized carbons (Fsp3) is 0.600. The van der Waals surface area contributed by atoms with Crippen molar-refractivity contribution >= 4 is 0 Å². The van der Waals surface area contributed by atoms with E-state index in [1.165, 1.54) is 11.1 Å². The minimum absolute atomic E-state index is 0.765. The molecule has 0 rings (SSSR count). The topological polar surface area (TPSA) is 38.0 Å². The summed E-state index contributed by atoms with van der Waals surface area (Å²) in [6.07, 6.45) is 6.65. The van der Waals surface area contributed by atoms with Crippen molar-refractivity contribution in [2.24, 2.45) is 5.84 Å². The third kappa shape index (κ3) is 7.51. The standard InChI is InChI=1S/C10H20N2/c1-9(2)5-4-6-10(3)7-8-12-11/h5,7,12H,4,6,8,11H2,1-3H3. The van der Waals surface area contributed by atoms with Gasteiger partial charge in [0.1, 0.15) is 0 Å². The van der Waals surface area contributed by atoms with Crippen LogP contribution in [0.3, 0.4) is 0 Å². The molecule has 0 atom stereocenters. The lowest BCUT2D eigenvalue weighted by atomic mass is 10.1. The first-order chi connectivity index (χ1) is 5.66. The van der Waals surface area contributed by atoms with E-state index < -0.39 is 0 Å². The molecular weight excluding hydrogens is 148 g/mol. The van der Waals surface area contributed by atoms with Crippen molar-refractivity contribution in [1.82, 2.24) is 5.43 Å². The number of hydrogen-bond acceptors (Lipinski definition) is 2. The van der Waals surface area contributed by atoms with E-state index in [2.05, 4.69) is 38.3 Å². The molecule has 2 heteroatoms. The van der Waals surface area contributed by atoms with E-state index >= 15 is 0 Å². The van der Waals surface area contributed by atoms with Crippen molar-refractivity contribution < 1.29 is 0 Å². The Bertz CT molecular complexity index is 165. The lowest BCUT2D eigenvalue weighted by Crippen LogP contribution is -2.21. The SMILES string of the molecule is CC(C)=CCCC(C)=CCNN. The first-order valence-corrected chi connectivity index (χ1v) is 4.39. The van der Waals surface area contributed by atoms with Crippen molar-refractivity contribution in [3.8, 4) is 0 Å². The van der Waals surface area contributed by atoms with Gasteiger partial charge in [-0.25, -0.2) is 0 Å². The van der Waals surface area contributed by atoms with Crippen LogP contribution in [-0.2, 0) is 0 Å². The van der Waals surface area contributed by atoms with Crippen LogP contribution in [-0.4, -0.2) is 6.54 Å². The van der Waals surface area contributed by atoms with Crippen molar-refractivity contribution in [2.45, 2.75) is 33.6 Å². The van der Waals surface area contributed by atoms with Gasteiger partial charge in [0.05, 0.1) is 0 Å². The second kappa shape index (κ2) is 7.07. The summed E-state index contributed by atoms with van der Waals surface area (Å²) in [5.41, 5.74) is 5.39. The zero-order valence-corrected chi connectivity index (χ0v) is 8.35. The average Bonchev–Trinajstić information content (AvgIpc) is 2.00. The van der Waals surface area contributed by atoms with Crippen molar-refractivity contribution in [2.75, 3.05) is 6.54 Å².